The number of Topliss-reactive ketones (excluding diaryl/α,β-unsaturated/α-hetero) is 1. The number of aliphatic hydroxyl groups is 2. The SMILES string of the molecule is CC[C@H]1OC(=O)[C@H](C)C(=O)[C@H](C)C(OC2O[C@H](C)CC(N(C)C)C2OC(C)=O)C(C)(OC)C[C@@H](C)CN(C)[C@H](C)C(O)C1(C)O. The summed E-state index contributed by atoms with van der Waals surface area (Å²) in [6, 6.07) is -0.707. The molecule has 0 saturated carbocycles. The molecule has 45 heavy (non-hydrogen) atoms. The van der Waals surface area contributed by atoms with E-state index in [0.29, 0.717) is 19.4 Å². The van der Waals surface area contributed by atoms with E-state index in [1.807, 2.05) is 58.6 Å². The van der Waals surface area contributed by atoms with E-state index in [9.17, 15) is 24.6 Å². The van der Waals surface area contributed by atoms with Crippen molar-refractivity contribution in [1.29, 1.82) is 0 Å². The van der Waals surface area contributed by atoms with Crippen LogP contribution in [-0.4, -0.2) is 133 Å². The van der Waals surface area contributed by atoms with Crippen molar-refractivity contribution in [3.63, 3.8) is 0 Å². The molecule has 2 saturated heterocycles. The Kier molecular flexibility index (Phi) is 14.0. The van der Waals surface area contributed by atoms with Gasteiger partial charge < -0.3 is 43.7 Å². The Hall–Kier alpha value is -1.67. The molecule has 2 rings (SSSR count). The summed E-state index contributed by atoms with van der Waals surface area (Å²) in [5, 5.41) is 22.7. The van der Waals surface area contributed by atoms with E-state index >= 15 is 0 Å². The summed E-state index contributed by atoms with van der Waals surface area (Å²) in [6.45, 7) is 15.9. The van der Waals surface area contributed by atoms with E-state index in [0.717, 1.165) is 0 Å². The molecule has 0 spiro atoms. The molecule has 262 valence electrons. The molecule has 2 heterocycles. The Balaban J connectivity index is 2.65. The summed E-state index contributed by atoms with van der Waals surface area (Å²) >= 11 is 0. The normalized spacial score (nSPS) is 43.3. The number of cyclic esters (lactones) is 1. The second-order valence-electron chi connectivity index (χ2n) is 14.1. The molecule has 0 radical (unpaired) electrons. The number of ketones is 1. The van der Waals surface area contributed by atoms with E-state index in [1.165, 1.54) is 20.8 Å². The second kappa shape index (κ2) is 16.0. The number of esters is 2. The molecule has 0 bridgehead atoms. The highest BCUT2D eigenvalue weighted by Gasteiger charge is 2.51. The number of hydrogen-bond donors (Lipinski definition) is 2. The fraction of sp³-hybridized carbons (Fsp3) is 0.909. The minimum Gasteiger partial charge on any atom is -0.459 e. The van der Waals surface area contributed by atoms with Gasteiger partial charge in [0.25, 0.3) is 0 Å². The first kappa shape index (κ1) is 39.5. The third-order valence-corrected chi connectivity index (χ3v) is 9.97. The van der Waals surface area contributed by atoms with Gasteiger partial charge in [-0.3, -0.25) is 14.4 Å². The topological polar surface area (TPSA) is 144 Å². The molecular formula is C33H60N2O10. The molecule has 0 aromatic heterocycles. The molecule has 0 aromatic rings. The van der Waals surface area contributed by atoms with Gasteiger partial charge in [-0.05, 0) is 80.9 Å². The van der Waals surface area contributed by atoms with Gasteiger partial charge in [-0.1, -0.05) is 20.8 Å². The minimum absolute atomic E-state index is 0.0275. The molecule has 0 aromatic carbocycles. The van der Waals surface area contributed by atoms with E-state index in [4.69, 9.17) is 23.7 Å². The summed E-state index contributed by atoms with van der Waals surface area (Å²) in [5.41, 5.74) is -2.83. The van der Waals surface area contributed by atoms with Crippen LogP contribution in [0.25, 0.3) is 0 Å². The molecule has 2 N–H and O–H groups in total. The van der Waals surface area contributed by atoms with Gasteiger partial charge in [0.2, 0.25) is 0 Å². The Bertz CT molecular complexity index is 1010. The Morgan fingerprint density at radius 3 is 2.24 bits per heavy atom. The highest BCUT2D eigenvalue weighted by atomic mass is 16.7. The van der Waals surface area contributed by atoms with Crippen molar-refractivity contribution >= 4 is 17.7 Å². The molecule has 12 nitrogen and oxygen atoms in total. The van der Waals surface area contributed by atoms with Crippen LogP contribution in [0.2, 0.25) is 0 Å². The van der Waals surface area contributed by atoms with Gasteiger partial charge in [0.15, 0.2) is 18.2 Å². The van der Waals surface area contributed by atoms with Gasteiger partial charge in [-0.2, -0.15) is 0 Å². The highest BCUT2D eigenvalue weighted by molar-refractivity contribution is 6.00. The number of carbonyl (C=O) groups is 3. The number of hydrogen-bond acceptors (Lipinski definition) is 12. The van der Waals surface area contributed by atoms with Crippen molar-refractivity contribution in [1.82, 2.24) is 9.80 Å². The Labute approximate surface area is 270 Å². The standard InChI is InChI=1S/C33H60N2O10/c1-14-25-33(9,40)28(38)22(6)35(12)17-18(2)16-32(8,41-13)29(20(4)26(37)21(5)30(39)44-25)45-31-27(43-23(7)36)24(34(10)11)15-19(3)42-31/h18-22,24-25,27-29,31,38,40H,14-17H2,1-13H3/t18-,19-,20+,21-,22-,24?,25-,27?,28?,29?,31?,32?,33?/m1/s1. The van der Waals surface area contributed by atoms with Crippen LogP contribution in [0, 0.1) is 17.8 Å². The van der Waals surface area contributed by atoms with E-state index in [-0.39, 0.29) is 24.5 Å². The molecule has 0 aliphatic carbocycles. The first-order valence-corrected chi connectivity index (χ1v) is 16.3. The summed E-state index contributed by atoms with van der Waals surface area (Å²) in [6.07, 6.45) is -3.99. The zero-order chi connectivity index (χ0) is 34.6. The average Bonchev–Trinajstić information content (AvgIpc) is 2.96. The van der Waals surface area contributed by atoms with Crippen molar-refractivity contribution in [2.45, 2.75) is 142 Å². The van der Waals surface area contributed by atoms with Gasteiger partial charge in [0, 0.05) is 32.5 Å². The third kappa shape index (κ3) is 9.24. The Morgan fingerprint density at radius 1 is 1.13 bits per heavy atom. The van der Waals surface area contributed by atoms with Gasteiger partial charge in [-0.15, -0.1) is 0 Å². The van der Waals surface area contributed by atoms with Gasteiger partial charge in [0.1, 0.15) is 23.7 Å². The van der Waals surface area contributed by atoms with Crippen LogP contribution >= 0.6 is 0 Å². The van der Waals surface area contributed by atoms with E-state index in [2.05, 4.69) is 0 Å². The molecule has 13 atom stereocenters. The third-order valence-electron chi connectivity index (χ3n) is 9.97. The molecule has 2 aliphatic rings. The lowest BCUT2D eigenvalue weighted by Crippen LogP contribution is -2.60. The summed E-state index contributed by atoms with van der Waals surface area (Å²) in [7, 11) is 7.22. The Morgan fingerprint density at radius 2 is 1.73 bits per heavy atom. The minimum atomic E-state index is -1.77. The predicted octanol–water partition coefficient (Wildman–Crippen LogP) is 2.41. The van der Waals surface area contributed by atoms with Crippen LogP contribution in [0.3, 0.4) is 0 Å². The van der Waals surface area contributed by atoms with Crippen molar-refractivity contribution in [2.75, 3.05) is 34.8 Å². The van der Waals surface area contributed by atoms with Crippen LogP contribution in [0.5, 0.6) is 0 Å². The number of rotatable bonds is 6. The van der Waals surface area contributed by atoms with Gasteiger partial charge >= 0.3 is 11.9 Å². The average molecular weight is 645 g/mol. The van der Waals surface area contributed by atoms with Gasteiger partial charge in [0.05, 0.1) is 23.9 Å². The summed E-state index contributed by atoms with van der Waals surface area (Å²) in [4.78, 5) is 43.6. The summed E-state index contributed by atoms with van der Waals surface area (Å²) < 4.78 is 30.6. The lowest BCUT2D eigenvalue weighted by atomic mass is 9.78. The molecule has 7 unspecified atom stereocenters. The monoisotopic (exact) mass is 644 g/mol. The first-order chi connectivity index (χ1) is 20.7. The van der Waals surface area contributed by atoms with Crippen LogP contribution < -0.4 is 0 Å². The smallest absolute Gasteiger partial charge is 0.316 e. The lowest BCUT2D eigenvalue weighted by Gasteiger charge is -2.47. The van der Waals surface area contributed by atoms with E-state index < -0.39 is 77.5 Å². The number of carbonyl (C=O) groups excluding carboxylic acids is 3. The van der Waals surface area contributed by atoms with Crippen molar-refractivity contribution < 1.29 is 48.3 Å². The zero-order valence-electron chi connectivity index (χ0n) is 29.7. The molecule has 2 fully saturated rings. The largest absolute Gasteiger partial charge is 0.459 e. The van der Waals surface area contributed by atoms with Crippen LogP contribution in [0.15, 0.2) is 0 Å². The number of nitrogens with zero attached hydrogens (tertiary/aromatic N) is 2. The second-order valence-corrected chi connectivity index (χ2v) is 14.1. The maximum absolute atomic E-state index is 14.1. The lowest BCUT2D eigenvalue weighted by molar-refractivity contribution is -0.298. The molecular weight excluding hydrogens is 584 g/mol. The summed E-state index contributed by atoms with van der Waals surface area (Å²) in [5.74, 6) is -3.84. The quantitative estimate of drug-likeness (QED) is 0.324. The van der Waals surface area contributed by atoms with Gasteiger partial charge in [-0.25, -0.2) is 0 Å². The fourth-order valence-corrected chi connectivity index (χ4v) is 7.06. The molecule has 0 amide bonds. The fourth-order valence-electron chi connectivity index (χ4n) is 7.06. The number of ether oxygens (including phenoxy) is 5. The maximum atomic E-state index is 14.1. The van der Waals surface area contributed by atoms with Crippen molar-refractivity contribution in [3.05, 3.63) is 0 Å². The number of likely N-dealkylation sites (N-methyl/N-ethyl adjacent to an activating group) is 2. The van der Waals surface area contributed by atoms with Crippen LogP contribution in [0.1, 0.15) is 81.6 Å². The number of methoxy groups -OCH3 is 1. The van der Waals surface area contributed by atoms with E-state index in [1.54, 1.807) is 21.0 Å². The van der Waals surface area contributed by atoms with Crippen molar-refractivity contribution in [3.8, 4) is 0 Å². The van der Waals surface area contributed by atoms with Crippen LogP contribution in [0.4, 0.5) is 0 Å². The molecule has 12 heteroatoms. The first-order valence-electron chi connectivity index (χ1n) is 16.3. The number of aliphatic hydroxyl groups excluding tert-OH is 1. The van der Waals surface area contributed by atoms with Crippen molar-refractivity contribution in [2.24, 2.45) is 17.8 Å². The zero-order valence-corrected chi connectivity index (χ0v) is 29.7. The predicted molar refractivity (Wildman–Crippen MR) is 168 cm³/mol. The van der Waals surface area contributed by atoms with Crippen LogP contribution in [-0.2, 0) is 38.1 Å². The molecule has 2 aliphatic heterocycles. The maximum Gasteiger partial charge on any atom is 0.316 e. The highest BCUT2D eigenvalue weighted by Crippen LogP contribution is 2.37.